The molecule has 0 spiro atoms. The molecule has 136 valence electrons. The van der Waals surface area contributed by atoms with Crippen LogP contribution < -0.4 is 5.56 Å². The van der Waals surface area contributed by atoms with E-state index in [9.17, 15) is 4.79 Å². The van der Waals surface area contributed by atoms with E-state index in [1.807, 2.05) is 30.3 Å². The number of rotatable bonds is 5. The van der Waals surface area contributed by atoms with Gasteiger partial charge in [-0.1, -0.05) is 36.4 Å². The van der Waals surface area contributed by atoms with Crippen LogP contribution in [0, 0.1) is 13.8 Å². The lowest BCUT2D eigenvalue weighted by atomic mass is 10.1. The van der Waals surface area contributed by atoms with Crippen molar-refractivity contribution in [1.29, 1.82) is 0 Å². The van der Waals surface area contributed by atoms with Crippen LogP contribution in [0.15, 0.2) is 64.3 Å². The smallest absolute Gasteiger partial charge is 0.274 e. The second-order valence-electron chi connectivity index (χ2n) is 6.59. The Balaban J connectivity index is 1.55. The molecule has 0 aliphatic heterocycles. The maximum atomic E-state index is 12.4. The molecule has 0 fully saturated rings. The molecular formula is C21H20N4OS. The number of hydrogen-bond donors (Lipinski definition) is 1. The minimum atomic E-state index is -0.137. The molecular weight excluding hydrogens is 356 g/mol. The fourth-order valence-corrected chi connectivity index (χ4v) is 3.76. The Morgan fingerprint density at radius 1 is 1.00 bits per heavy atom. The van der Waals surface area contributed by atoms with Gasteiger partial charge in [-0.05, 0) is 42.7 Å². The average molecular weight is 376 g/mol. The minimum absolute atomic E-state index is 0.137. The van der Waals surface area contributed by atoms with Crippen LogP contribution in [0.5, 0.6) is 0 Å². The van der Waals surface area contributed by atoms with Crippen molar-refractivity contribution < 1.29 is 0 Å². The van der Waals surface area contributed by atoms with E-state index in [2.05, 4.69) is 47.1 Å². The normalized spacial score (nSPS) is 11.2. The minimum Gasteiger partial charge on any atom is -0.275 e. The first-order valence-corrected chi connectivity index (χ1v) is 9.78. The van der Waals surface area contributed by atoms with Crippen molar-refractivity contribution >= 4 is 17.5 Å². The van der Waals surface area contributed by atoms with Crippen molar-refractivity contribution in [3.63, 3.8) is 0 Å². The molecule has 2 aromatic carbocycles. The number of H-pyrrole nitrogens is 1. The van der Waals surface area contributed by atoms with Gasteiger partial charge in [0.05, 0.1) is 5.69 Å². The van der Waals surface area contributed by atoms with E-state index in [0.717, 1.165) is 17.1 Å². The predicted octanol–water partition coefficient (Wildman–Crippen LogP) is 3.92. The van der Waals surface area contributed by atoms with Crippen LogP contribution in [0.2, 0.25) is 0 Å². The quantitative estimate of drug-likeness (QED) is 0.536. The number of aromatic amines is 1. The first kappa shape index (κ1) is 17.5. The van der Waals surface area contributed by atoms with Gasteiger partial charge < -0.3 is 0 Å². The van der Waals surface area contributed by atoms with E-state index in [1.54, 1.807) is 17.8 Å². The summed E-state index contributed by atoms with van der Waals surface area (Å²) in [6.45, 7) is 4.21. The van der Waals surface area contributed by atoms with E-state index in [-0.39, 0.29) is 5.56 Å². The largest absolute Gasteiger partial charge is 0.275 e. The fourth-order valence-electron chi connectivity index (χ4n) is 2.87. The number of aryl methyl sites for hydroxylation is 2. The number of thioether (sulfide) groups is 1. The monoisotopic (exact) mass is 376 g/mol. The van der Waals surface area contributed by atoms with Crippen molar-refractivity contribution in [3.8, 4) is 0 Å². The number of nitrogens with one attached hydrogen (secondary N) is 1. The van der Waals surface area contributed by atoms with Gasteiger partial charge in [0.1, 0.15) is 5.82 Å². The first-order chi connectivity index (χ1) is 13.1. The highest BCUT2D eigenvalue weighted by Gasteiger charge is 2.09. The molecule has 2 heterocycles. The Hall–Kier alpha value is -2.86. The molecule has 2 aromatic heterocycles. The zero-order chi connectivity index (χ0) is 18.8. The van der Waals surface area contributed by atoms with Crippen molar-refractivity contribution in [2.24, 2.45) is 0 Å². The lowest BCUT2D eigenvalue weighted by molar-refractivity contribution is 0.856. The van der Waals surface area contributed by atoms with Crippen LogP contribution in [-0.4, -0.2) is 19.6 Å². The topological polar surface area (TPSA) is 63.0 Å². The van der Waals surface area contributed by atoms with Gasteiger partial charge in [-0.3, -0.25) is 9.89 Å². The molecule has 27 heavy (non-hydrogen) atoms. The number of benzene rings is 2. The van der Waals surface area contributed by atoms with Crippen LogP contribution in [0.25, 0.3) is 5.78 Å². The van der Waals surface area contributed by atoms with Gasteiger partial charge in [-0.15, -0.1) is 11.8 Å². The number of aromatic nitrogens is 4. The van der Waals surface area contributed by atoms with Gasteiger partial charge in [-0.25, -0.2) is 4.98 Å². The summed E-state index contributed by atoms with van der Waals surface area (Å²) >= 11 is 1.67. The molecule has 0 radical (unpaired) electrons. The summed E-state index contributed by atoms with van der Waals surface area (Å²) in [5.41, 5.74) is 4.28. The molecule has 4 aromatic rings. The Bertz CT molecular complexity index is 1150. The number of fused-ring (bicyclic) bond motifs is 1. The zero-order valence-corrected chi connectivity index (χ0v) is 16.1. The van der Waals surface area contributed by atoms with E-state index >= 15 is 0 Å². The summed E-state index contributed by atoms with van der Waals surface area (Å²) in [5, 5.41) is 3.05. The maximum Gasteiger partial charge on any atom is 0.274 e. The summed E-state index contributed by atoms with van der Waals surface area (Å²) < 4.78 is 1.41. The molecule has 0 bridgehead atoms. The van der Waals surface area contributed by atoms with Crippen molar-refractivity contribution in [1.82, 2.24) is 19.6 Å². The zero-order valence-electron chi connectivity index (χ0n) is 15.3. The van der Waals surface area contributed by atoms with E-state index in [4.69, 9.17) is 0 Å². The molecule has 0 amide bonds. The SMILES string of the molecule is Cc1ccc(SCc2cc(=O)n3[nH]c(Cc4ccccc4)nc3n2)cc1C. The highest BCUT2D eigenvalue weighted by molar-refractivity contribution is 7.98. The molecule has 0 saturated carbocycles. The Kier molecular flexibility index (Phi) is 4.81. The molecule has 0 aliphatic carbocycles. The van der Waals surface area contributed by atoms with Gasteiger partial charge in [-0.2, -0.15) is 9.50 Å². The van der Waals surface area contributed by atoms with Gasteiger partial charge in [0.25, 0.3) is 11.3 Å². The van der Waals surface area contributed by atoms with E-state index < -0.39 is 0 Å². The molecule has 6 heteroatoms. The maximum absolute atomic E-state index is 12.4. The van der Waals surface area contributed by atoms with E-state index in [1.165, 1.54) is 20.5 Å². The van der Waals surface area contributed by atoms with Crippen LogP contribution in [0.3, 0.4) is 0 Å². The van der Waals surface area contributed by atoms with Gasteiger partial charge >= 0.3 is 0 Å². The number of hydrogen-bond acceptors (Lipinski definition) is 4. The molecule has 0 aliphatic rings. The molecule has 5 nitrogen and oxygen atoms in total. The third kappa shape index (κ3) is 3.95. The molecule has 0 unspecified atom stereocenters. The highest BCUT2D eigenvalue weighted by Crippen LogP contribution is 2.24. The third-order valence-corrected chi connectivity index (χ3v) is 5.54. The van der Waals surface area contributed by atoms with Crippen LogP contribution >= 0.6 is 11.8 Å². The van der Waals surface area contributed by atoms with E-state index in [0.29, 0.717) is 18.0 Å². The highest BCUT2D eigenvalue weighted by atomic mass is 32.2. The molecule has 0 saturated heterocycles. The van der Waals surface area contributed by atoms with Gasteiger partial charge in [0.2, 0.25) is 0 Å². The van der Waals surface area contributed by atoms with Crippen LogP contribution in [0.1, 0.15) is 28.2 Å². The summed E-state index contributed by atoms with van der Waals surface area (Å²) in [6.07, 6.45) is 0.635. The second-order valence-corrected chi connectivity index (χ2v) is 7.64. The lowest BCUT2D eigenvalue weighted by Gasteiger charge is -2.05. The lowest BCUT2D eigenvalue weighted by Crippen LogP contribution is -2.15. The van der Waals surface area contributed by atoms with Crippen LogP contribution in [-0.2, 0) is 12.2 Å². The molecule has 0 atom stereocenters. The van der Waals surface area contributed by atoms with Gasteiger partial charge in [0, 0.05) is 23.1 Å². The van der Waals surface area contributed by atoms with Crippen molar-refractivity contribution in [3.05, 3.63) is 93.2 Å². The standard InChI is InChI=1S/C21H20N4OS/c1-14-8-9-18(10-15(14)2)27-13-17-12-20(26)25-21(22-17)23-19(24-25)11-16-6-4-3-5-7-16/h3-10,12H,11,13H2,1-2H3,(H,22,23,24). The Morgan fingerprint density at radius 2 is 1.81 bits per heavy atom. The summed E-state index contributed by atoms with van der Waals surface area (Å²) in [4.78, 5) is 22.6. The second kappa shape index (κ2) is 7.40. The van der Waals surface area contributed by atoms with Crippen molar-refractivity contribution in [2.45, 2.75) is 30.9 Å². The van der Waals surface area contributed by atoms with Gasteiger partial charge in [0.15, 0.2) is 0 Å². The average Bonchev–Trinajstić information content (AvgIpc) is 3.06. The van der Waals surface area contributed by atoms with Crippen LogP contribution in [0.4, 0.5) is 0 Å². The molecule has 4 rings (SSSR count). The first-order valence-electron chi connectivity index (χ1n) is 8.80. The summed E-state index contributed by atoms with van der Waals surface area (Å²) in [7, 11) is 0. The third-order valence-electron chi connectivity index (χ3n) is 4.51. The Labute approximate surface area is 161 Å². The predicted molar refractivity (Wildman–Crippen MR) is 108 cm³/mol. The number of nitrogens with zero attached hydrogens (tertiary/aromatic N) is 3. The fraction of sp³-hybridized carbons (Fsp3) is 0.190. The molecule has 1 N–H and O–H groups in total. The Morgan fingerprint density at radius 3 is 2.59 bits per heavy atom. The van der Waals surface area contributed by atoms with Crippen molar-refractivity contribution in [2.75, 3.05) is 0 Å². The summed E-state index contributed by atoms with van der Waals surface area (Å²) in [5.74, 6) is 1.78. The summed E-state index contributed by atoms with van der Waals surface area (Å²) in [6, 6.07) is 18.0.